The predicted molar refractivity (Wildman–Crippen MR) is 391 cm³/mol. The minimum atomic E-state index is -1.97. The van der Waals surface area contributed by atoms with E-state index < -0.39 is 92.7 Å². The summed E-state index contributed by atoms with van der Waals surface area (Å²) in [5.74, 6) is -4.16. The Bertz CT molecular complexity index is 3430. The van der Waals surface area contributed by atoms with Gasteiger partial charge in [0.15, 0.2) is 34.0 Å². The summed E-state index contributed by atoms with van der Waals surface area (Å²) in [5.41, 5.74) is 20.8. The summed E-state index contributed by atoms with van der Waals surface area (Å²) >= 11 is 0. The number of amides is 6. The molecule has 0 unspecified atom stereocenters. The van der Waals surface area contributed by atoms with Crippen molar-refractivity contribution in [1.82, 2.24) is 16.0 Å². The molecular formula is C79H103N9O12. The Morgan fingerprint density at radius 3 is 0.790 bits per heavy atom. The highest BCUT2D eigenvalue weighted by atomic mass is 16.6. The number of carbonyl (C=O) groups excluding carboxylic acids is 9. The second-order valence-corrected chi connectivity index (χ2v) is 28.8. The smallest absolute Gasteiger partial charge is 0.407 e. The number of benzene rings is 6. The zero-order chi connectivity index (χ0) is 73.6. The Morgan fingerprint density at radius 1 is 0.340 bits per heavy atom. The van der Waals surface area contributed by atoms with Gasteiger partial charge in [-0.3, -0.25) is 28.8 Å². The number of nitrogens with two attached hydrogens (primary N) is 3. The van der Waals surface area contributed by atoms with E-state index in [2.05, 4.69) is 31.9 Å². The Balaban J connectivity index is 1.31. The van der Waals surface area contributed by atoms with E-state index in [4.69, 9.17) is 31.4 Å². The van der Waals surface area contributed by atoms with E-state index in [0.29, 0.717) is 55.6 Å². The number of unbranched alkanes of at least 4 members (excludes halogenated alkanes) is 3. The largest absolute Gasteiger partial charge is 0.444 e. The molecule has 0 fully saturated rings. The molecule has 21 heteroatoms. The van der Waals surface area contributed by atoms with Crippen LogP contribution in [-0.2, 0) is 62.2 Å². The van der Waals surface area contributed by atoms with Gasteiger partial charge in [0.25, 0.3) is 17.7 Å². The van der Waals surface area contributed by atoms with Gasteiger partial charge in [-0.1, -0.05) is 109 Å². The molecule has 6 aromatic rings. The monoisotopic (exact) mass is 1370 g/mol. The summed E-state index contributed by atoms with van der Waals surface area (Å²) in [6.45, 7) is 22.2. The fourth-order valence-electron chi connectivity index (χ4n) is 11.2. The molecule has 100 heavy (non-hydrogen) atoms. The molecule has 0 aliphatic rings. The minimum Gasteiger partial charge on any atom is -0.444 e. The molecular weight excluding hydrogens is 1270 g/mol. The summed E-state index contributed by atoms with van der Waals surface area (Å²) < 4.78 is 16.1. The third kappa shape index (κ3) is 24.1. The van der Waals surface area contributed by atoms with Crippen LogP contribution in [0.1, 0.15) is 176 Å². The predicted octanol–water partition coefficient (Wildman–Crippen LogP) is 12.2. The quantitative estimate of drug-likeness (QED) is 0.00800. The Hall–Kier alpha value is -9.57. The van der Waals surface area contributed by atoms with Gasteiger partial charge in [-0.2, -0.15) is 0 Å². The van der Waals surface area contributed by atoms with E-state index in [1.807, 2.05) is 130 Å². The molecule has 12 N–H and O–H groups in total. The third-order valence-electron chi connectivity index (χ3n) is 17.0. The lowest BCUT2D eigenvalue weighted by Gasteiger charge is -2.28. The number of hydrogen-bond acceptors (Lipinski definition) is 15. The van der Waals surface area contributed by atoms with Gasteiger partial charge in [-0.15, -0.1) is 0 Å². The molecule has 6 rings (SSSR count). The van der Waals surface area contributed by atoms with Gasteiger partial charge >= 0.3 is 18.3 Å². The number of ketones is 3. The highest BCUT2D eigenvalue weighted by Crippen LogP contribution is 2.35. The van der Waals surface area contributed by atoms with Crippen molar-refractivity contribution in [2.24, 2.45) is 17.2 Å². The first kappa shape index (κ1) is 79.4. The van der Waals surface area contributed by atoms with Crippen LogP contribution in [0.5, 0.6) is 0 Å². The van der Waals surface area contributed by atoms with Crippen molar-refractivity contribution in [3.63, 3.8) is 0 Å². The van der Waals surface area contributed by atoms with Crippen LogP contribution in [0.4, 0.5) is 31.4 Å². The summed E-state index contributed by atoms with van der Waals surface area (Å²) in [7, 11) is 0. The number of rotatable bonds is 33. The third-order valence-corrected chi connectivity index (χ3v) is 17.0. The van der Waals surface area contributed by atoms with Crippen molar-refractivity contribution >= 4 is 70.4 Å². The van der Waals surface area contributed by atoms with Crippen LogP contribution < -0.4 is 49.1 Å². The molecule has 536 valence electrons. The van der Waals surface area contributed by atoms with Crippen LogP contribution in [-0.4, -0.2) is 106 Å². The van der Waals surface area contributed by atoms with Gasteiger partial charge in [0.05, 0.1) is 0 Å². The summed E-state index contributed by atoms with van der Waals surface area (Å²) in [4.78, 5) is 124. The summed E-state index contributed by atoms with van der Waals surface area (Å²) in [5, 5.41) is 16.9. The van der Waals surface area contributed by atoms with E-state index in [1.54, 1.807) is 98.7 Å². The van der Waals surface area contributed by atoms with E-state index in [-0.39, 0.29) is 58.2 Å². The lowest BCUT2D eigenvalue weighted by Crippen LogP contribution is -2.58. The Kier molecular flexibility index (Phi) is 28.2. The Labute approximate surface area is 589 Å². The lowest BCUT2D eigenvalue weighted by molar-refractivity contribution is -0.134. The number of hydrogen-bond donors (Lipinski definition) is 9. The molecule has 0 saturated heterocycles. The van der Waals surface area contributed by atoms with Crippen LogP contribution in [0, 0.1) is 20.8 Å². The fraction of sp³-hybridized carbons (Fsp3) is 0.430. The SMILES string of the molecule is Cc1ccccc1CC(=O)[C@](N)(CCCCNC(=O)OC(C)(C)C)C(=O)Nc1ccc(C(c2ccc(NC(=O)[C@@](N)(CCCCNC(=O)OC(C)(C)C)C(=O)Cc3ccccc3C)cc2)c2ccc(NC(=O)[C@@](N)(CCCCNC(=O)OC(C)(C)C)C(=O)Cc3ccccc3C)cc2)cc1. The maximum Gasteiger partial charge on any atom is 0.407 e. The molecule has 0 aliphatic heterocycles. The normalized spacial score (nSPS) is 13.4. The highest BCUT2D eigenvalue weighted by Gasteiger charge is 2.44. The molecule has 0 heterocycles. The van der Waals surface area contributed by atoms with Crippen molar-refractivity contribution in [3.05, 3.63) is 196 Å². The average Bonchev–Trinajstić information content (AvgIpc) is 0.798. The minimum absolute atomic E-state index is 0.0251. The number of carbonyl (C=O) groups is 9. The van der Waals surface area contributed by atoms with Gasteiger partial charge in [-0.05, 0) is 227 Å². The molecule has 0 saturated carbocycles. The lowest BCUT2D eigenvalue weighted by atomic mass is 9.83. The molecule has 6 aromatic carbocycles. The number of nitrogens with one attached hydrogen (secondary N) is 6. The highest BCUT2D eigenvalue weighted by molar-refractivity contribution is 6.17. The number of aryl methyl sites for hydroxylation is 3. The van der Waals surface area contributed by atoms with Gasteiger partial charge in [0.2, 0.25) is 0 Å². The van der Waals surface area contributed by atoms with Crippen LogP contribution in [0.15, 0.2) is 146 Å². The second kappa shape index (κ2) is 35.5. The van der Waals surface area contributed by atoms with Gasteiger partial charge in [0, 0.05) is 61.9 Å². The first-order chi connectivity index (χ1) is 47.0. The molecule has 0 bridgehead atoms. The van der Waals surface area contributed by atoms with Crippen molar-refractivity contribution in [1.29, 1.82) is 0 Å². The van der Waals surface area contributed by atoms with E-state index in [1.165, 1.54) is 0 Å². The van der Waals surface area contributed by atoms with Crippen LogP contribution in [0.2, 0.25) is 0 Å². The van der Waals surface area contributed by atoms with Crippen LogP contribution in [0.25, 0.3) is 0 Å². The summed E-state index contributed by atoms with van der Waals surface area (Å²) in [6.07, 6.45) is 0.0376. The van der Waals surface area contributed by atoms with Gasteiger partial charge in [-0.25, -0.2) is 14.4 Å². The standard InChI is InChI=1S/C79H103N9O12/c1-52-25-13-16-28-58(52)49-64(89)77(80,43-19-22-46-83-71(95)98-74(4,5)6)68(92)86-61-37-31-55(32-38-61)67(56-33-39-62(40-34-56)87-69(93)78(81,65(90)50-59-29-17-14-26-53(59)2)44-20-23-47-84-72(96)99-75(7,8)9)57-35-41-63(42-36-57)88-70(94)79(82,66(91)51-60-30-18-15-27-54(60)3)45-21-24-48-85-73(97)100-76(10,11)12/h13-18,25-42,67H,19-24,43-51,80-82H2,1-12H3,(H,83,95)(H,84,96)(H,85,97)(H,86,92)(H,87,93)(H,88,94)/t77-,78-,79-/m1/s1. The fourth-order valence-corrected chi connectivity index (χ4v) is 11.2. The second-order valence-electron chi connectivity index (χ2n) is 28.8. The van der Waals surface area contributed by atoms with E-state index >= 15 is 0 Å². The van der Waals surface area contributed by atoms with E-state index in [9.17, 15) is 43.2 Å². The number of anilines is 3. The maximum atomic E-state index is 14.5. The Morgan fingerprint density at radius 2 is 0.570 bits per heavy atom. The zero-order valence-electron chi connectivity index (χ0n) is 60.2. The zero-order valence-corrected chi connectivity index (χ0v) is 60.2. The van der Waals surface area contributed by atoms with Crippen LogP contribution >= 0.6 is 0 Å². The molecule has 21 nitrogen and oxygen atoms in total. The molecule has 0 aliphatic carbocycles. The molecule has 3 atom stereocenters. The van der Waals surface area contributed by atoms with E-state index in [0.717, 1.165) is 50.1 Å². The average molecular weight is 1370 g/mol. The van der Waals surface area contributed by atoms with Gasteiger partial charge < -0.3 is 63.3 Å². The first-order valence-corrected chi connectivity index (χ1v) is 34.2. The number of Topliss-reactive ketones (excluding diaryl/α,β-unsaturated/α-hetero) is 3. The topological polar surface area (TPSA) is 332 Å². The first-order valence-electron chi connectivity index (χ1n) is 34.2. The van der Waals surface area contributed by atoms with Crippen molar-refractivity contribution < 1.29 is 57.4 Å². The molecule has 0 aromatic heterocycles. The van der Waals surface area contributed by atoms with Gasteiger partial charge in [0.1, 0.15) is 16.8 Å². The summed E-state index contributed by atoms with van der Waals surface area (Å²) in [6, 6.07) is 43.3. The van der Waals surface area contributed by atoms with Crippen molar-refractivity contribution in [2.75, 3.05) is 35.6 Å². The van der Waals surface area contributed by atoms with Crippen molar-refractivity contribution in [2.45, 2.75) is 199 Å². The molecule has 6 amide bonds. The molecule has 0 spiro atoms. The number of alkyl carbamates (subject to hydrolysis) is 3. The molecule has 0 radical (unpaired) electrons. The number of ether oxygens (including phenoxy) is 3. The van der Waals surface area contributed by atoms with Crippen LogP contribution in [0.3, 0.4) is 0 Å². The maximum absolute atomic E-state index is 14.5. The van der Waals surface area contributed by atoms with Crippen molar-refractivity contribution in [3.8, 4) is 0 Å².